The Morgan fingerprint density at radius 2 is 1.74 bits per heavy atom. The van der Waals surface area contributed by atoms with Gasteiger partial charge in [-0.1, -0.05) is 47.5 Å². The van der Waals surface area contributed by atoms with Gasteiger partial charge >= 0.3 is 0 Å². The first-order valence-electron chi connectivity index (χ1n) is 6.56. The fraction of sp³-hybridized carbons (Fsp3) is 0.235. The zero-order valence-electron chi connectivity index (χ0n) is 11.3. The van der Waals surface area contributed by atoms with Gasteiger partial charge in [0.05, 0.1) is 0 Å². The third-order valence-corrected chi connectivity index (χ3v) is 3.34. The van der Waals surface area contributed by atoms with E-state index in [2.05, 4.69) is 50.2 Å². The summed E-state index contributed by atoms with van der Waals surface area (Å²) in [7, 11) is 0. The maximum atomic E-state index is 5.75. The van der Waals surface area contributed by atoms with Gasteiger partial charge in [-0.15, -0.1) is 0 Å². The number of benzene rings is 2. The number of aryl methyl sites for hydroxylation is 2. The highest BCUT2D eigenvalue weighted by Gasteiger charge is 2.21. The molecule has 1 heterocycles. The first-order valence-corrected chi connectivity index (χ1v) is 6.56. The van der Waals surface area contributed by atoms with Gasteiger partial charge in [0.1, 0.15) is 12.6 Å². The lowest BCUT2D eigenvalue weighted by Gasteiger charge is -2.05. The van der Waals surface area contributed by atoms with Crippen LogP contribution in [0.25, 0.3) is 0 Å². The monoisotopic (exact) mass is 251 g/mol. The highest BCUT2D eigenvalue weighted by atomic mass is 16.5. The zero-order chi connectivity index (χ0) is 13.2. The number of aliphatic imine (C=N–C) groups is 1. The molecule has 0 spiro atoms. The van der Waals surface area contributed by atoms with Crippen molar-refractivity contribution in [3.63, 3.8) is 0 Å². The van der Waals surface area contributed by atoms with Crippen LogP contribution in [0.3, 0.4) is 0 Å². The van der Waals surface area contributed by atoms with Crippen molar-refractivity contribution in [2.24, 2.45) is 4.99 Å². The Bertz CT molecular complexity index is 631. The van der Waals surface area contributed by atoms with Crippen molar-refractivity contribution in [3.05, 3.63) is 70.8 Å². The van der Waals surface area contributed by atoms with Crippen LogP contribution in [-0.2, 0) is 4.74 Å². The fourth-order valence-electron chi connectivity index (χ4n) is 2.36. The second kappa shape index (κ2) is 4.88. The van der Waals surface area contributed by atoms with Gasteiger partial charge in [-0.3, -0.25) is 0 Å². The summed E-state index contributed by atoms with van der Waals surface area (Å²) in [6, 6.07) is 16.9. The van der Waals surface area contributed by atoms with Crippen molar-refractivity contribution < 1.29 is 4.74 Å². The highest BCUT2D eigenvalue weighted by molar-refractivity contribution is 5.95. The van der Waals surface area contributed by atoms with Gasteiger partial charge in [0.15, 0.2) is 0 Å². The van der Waals surface area contributed by atoms with Crippen molar-refractivity contribution in [1.29, 1.82) is 0 Å². The summed E-state index contributed by atoms with van der Waals surface area (Å²) in [4.78, 5) is 4.71. The van der Waals surface area contributed by atoms with Crippen LogP contribution in [0.5, 0.6) is 0 Å². The van der Waals surface area contributed by atoms with E-state index in [0.717, 1.165) is 11.5 Å². The van der Waals surface area contributed by atoms with Crippen LogP contribution in [-0.4, -0.2) is 12.5 Å². The first kappa shape index (κ1) is 12.0. The molecule has 0 N–H and O–H groups in total. The molecule has 19 heavy (non-hydrogen) atoms. The first-order chi connectivity index (χ1) is 9.22. The predicted molar refractivity (Wildman–Crippen MR) is 77.6 cm³/mol. The summed E-state index contributed by atoms with van der Waals surface area (Å²) in [5, 5.41) is 0. The molecule has 2 aromatic carbocycles. The highest BCUT2D eigenvalue weighted by Crippen LogP contribution is 2.25. The largest absolute Gasteiger partial charge is 0.475 e. The van der Waals surface area contributed by atoms with Crippen LogP contribution in [0.2, 0.25) is 0 Å². The van der Waals surface area contributed by atoms with Gasteiger partial charge < -0.3 is 4.74 Å². The molecular formula is C17H17NO. The molecule has 1 atom stereocenters. The van der Waals surface area contributed by atoms with Crippen LogP contribution < -0.4 is 0 Å². The lowest BCUT2D eigenvalue weighted by Crippen LogP contribution is -2.01. The third-order valence-electron chi connectivity index (χ3n) is 3.34. The Kier molecular flexibility index (Phi) is 3.08. The van der Waals surface area contributed by atoms with E-state index in [-0.39, 0.29) is 6.04 Å². The van der Waals surface area contributed by atoms with Crippen molar-refractivity contribution in [2.45, 2.75) is 19.9 Å². The average Bonchev–Trinajstić information content (AvgIpc) is 2.88. The second-order valence-corrected chi connectivity index (χ2v) is 5.04. The lowest BCUT2D eigenvalue weighted by atomic mass is 10.1. The Balaban J connectivity index is 1.89. The van der Waals surface area contributed by atoms with Crippen LogP contribution >= 0.6 is 0 Å². The molecule has 3 rings (SSSR count). The number of nitrogens with zero attached hydrogens (tertiary/aromatic N) is 1. The van der Waals surface area contributed by atoms with Gasteiger partial charge in [-0.05, 0) is 31.5 Å². The van der Waals surface area contributed by atoms with E-state index in [0.29, 0.717) is 6.61 Å². The van der Waals surface area contributed by atoms with Crippen LogP contribution in [0.4, 0.5) is 0 Å². The third kappa shape index (κ3) is 2.53. The summed E-state index contributed by atoms with van der Waals surface area (Å²) in [5.74, 6) is 0.759. The molecular weight excluding hydrogens is 234 g/mol. The second-order valence-electron chi connectivity index (χ2n) is 5.04. The minimum Gasteiger partial charge on any atom is -0.475 e. The number of rotatable bonds is 2. The molecule has 0 amide bonds. The molecule has 0 aromatic heterocycles. The van der Waals surface area contributed by atoms with Gasteiger partial charge in [0.2, 0.25) is 5.90 Å². The van der Waals surface area contributed by atoms with E-state index in [1.165, 1.54) is 16.7 Å². The molecule has 0 aliphatic carbocycles. The molecule has 2 nitrogen and oxygen atoms in total. The predicted octanol–water partition coefficient (Wildman–Crippen LogP) is 3.82. The van der Waals surface area contributed by atoms with Crippen molar-refractivity contribution in [3.8, 4) is 0 Å². The van der Waals surface area contributed by atoms with E-state index in [1.54, 1.807) is 0 Å². The quantitative estimate of drug-likeness (QED) is 0.795. The summed E-state index contributed by atoms with van der Waals surface area (Å²) in [6.45, 7) is 4.81. The van der Waals surface area contributed by atoms with Crippen LogP contribution in [0, 0.1) is 13.8 Å². The minimum absolute atomic E-state index is 0.121. The summed E-state index contributed by atoms with van der Waals surface area (Å²) in [6.07, 6.45) is 0. The Hall–Kier alpha value is -2.09. The van der Waals surface area contributed by atoms with Crippen molar-refractivity contribution in [2.75, 3.05) is 6.61 Å². The molecule has 0 radical (unpaired) electrons. The Labute approximate surface area is 113 Å². The van der Waals surface area contributed by atoms with Crippen LogP contribution in [0.1, 0.15) is 28.3 Å². The molecule has 2 heteroatoms. The zero-order valence-corrected chi connectivity index (χ0v) is 11.3. The molecule has 96 valence electrons. The molecule has 1 aliphatic rings. The number of hydrogen-bond donors (Lipinski definition) is 0. The van der Waals surface area contributed by atoms with Gasteiger partial charge in [-0.2, -0.15) is 0 Å². The van der Waals surface area contributed by atoms with Crippen molar-refractivity contribution in [1.82, 2.24) is 0 Å². The number of ether oxygens (including phenoxy) is 1. The number of hydrogen-bond acceptors (Lipinski definition) is 2. The molecule has 0 fully saturated rings. The standard InChI is InChI=1S/C17H17NO/c1-12-5-3-7-14(9-12)16-11-19-17(18-16)15-8-4-6-13(2)10-15/h3-10,16H,11H2,1-2H3. The minimum atomic E-state index is 0.121. The normalized spacial score (nSPS) is 18.0. The smallest absolute Gasteiger partial charge is 0.216 e. The maximum Gasteiger partial charge on any atom is 0.216 e. The van der Waals surface area contributed by atoms with E-state index in [4.69, 9.17) is 9.73 Å². The van der Waals surface area contributed by atoms with Crippen molar-refractivity contribution >= 4 is 5.90 Å². The van der Waals surface area contributed by atoms with E-state index < -0.39 is 0 Å². The molecule has 2 aromatic rings. The summed E-state index contributed by atoms with van der Waals surface area (Å²) >= 11 is 0. The molecule has 0 saturated carbocycles. The van der Waals surface area contributed by atoms with E-state index in [9.17, 15) is 0 Å². The molecule has 1 unspecified atom stereocenters. The lowest BCUT2D eigenvalue weighted by molar-refractivity contribution is 0.320. The maximum absolute atomic E-state index is 5.75. The molecule has 0 saturated heterocycles. The molecule has 1 aliphatic heterocycles. The summed E-state index contributed by atoms with van der Waals surface area (Å²) < 4.78 is 5.75. The topological polar surface area (TPSA) is 21.6 Å². The Morgan fingerprint density at radius 1 is 1.00 bits per heavy atom. The van der Waals surface area contributed by atoms with Gasteiger partial charge in [-0.25, -0.2) is 4.99 Å². The summed E-state index contributed by atoms with van der Waals surface area (Å²) in [5.41, 5.74) is 4.78. The van der Waals surface area contributed by atoms with E-state index >= 15 is 0 Å². The fourth-order valence-corrected chi connectivity index (χ4v) is 2.36. The SMILES string of the molecule is Cc1cccc(C2=NC(c3cccc(C)c3)CO2)c1. The van der Waals surface area contributed by atoms with Gasteiger partial charge in [0.25, 0.3) is 0 Å². The van der Waals surface area contributed by atoms with E-state index in [1.807, 2.05) is 12.1 Å². The average molecular weight is 251 g/mol. The molecule has 0 bridgehead atoms. The van der Waals surface area contributed by atoms with Gasteiger partial charge in [0, 0.05) is 5.56 Å². The van der Waals surface area contributed by atoms with Crippen LogP contribution in [0.15, 0.2) is 53.5 Å². The Morgan fingerprint density at radius 3 is 2.47 bits per heavy atom.